The van der Waals surface area contributed by atoms with Gasteiger partial charge in [-0.1, -0.05) is 60.7 Å². The van der Waals surface area contributed by atoms with Crippen LogP contribution in [-0.4, -0.2) is 33.2 Å². The Morgan fingerprint density at radius 3 is 0.713 bits per heavy atom. The largest absolute Gasteiger partial charge is 0.307 e. The molecule has 16 aromatic rings. The van der Waals surface area contributed by atoms with Gasteiger partial charge in [-0.3, -0.25) is 0 Å². The van der Waals surface area contributed by atoms with Gasteiger partial charge in [0.1, 0.15) is 11.6 Å². The van der Waals surface area contributed by atoms with Crippen molar-refractivity contribution in [1.29, 1.82) is 47.4 Å². The van der Waals surface area contributed by atoms with Crippen molar-refractivity contribution < 1.29 is 0 Å². The first-order chi connectivity index (χ1) is 46.2. The predicted octanol–water partition coefficient (Wildman–Crippen LogP) is 16.1. The van der Waals surface area contributed by atoms with Gasteiger partial charge in [0.2, 0.25) is 0 Å². The number of nitriles is 9. The summed E-state index contributed by atoms with van der Waals surface area (Å²) in [4.78, 5) is 16.4. The van der Waals surface area contributed by atoms with E-state index in [1.165, 1.54) is 0 Å². The second-order valence-corrected chi connectivity index (χ2v) is 22.4. The number of nitrogens with zero attached hydrogens (tertiary/aromatic N) is 16. The normalized spacial score (nSPS) is 11.1. The molecule has 0 atom stereocenters. The summed E-state index contributed by atoms with van der Waals surface area (Å²) in [6, 6.07) is 82.5. The van der Waals surface area contributed by atoms with Gasteiger partial charge >= 0.3 is 0 Å². The van der Waals surface area contributed by atoms with E-state index >= 15 is 0 Å². The van der Waals surface area contributed by atoms with Crippen LogP contribution in [0.2, 0.25) is 0 Å². The second-order valence-electron chi connectivity index (χ2n) is 22.4. The highest BCUT2D eigenvalue weighted by Gasteiger charge is 2.37. The van der Waals surface area contributed by atoms with Crippen LogP contribution >= 0.6 is 0 Å². The molecule has 16 rings (SSSR count). The molecule has 0 aliphatic heterocycles. The number of aromatic nitrogens is 7. The maximum atomic E-state index is 13.2. The van der Waals surface area contributed by atoms with Crippen LogP contribution in [0.3, 0.4) is 0 Å². The third kappa shape index (κ3) is 8.06. The molecule has 0 radical (unpaired) electrons. The van der Waals surface area contributed by atoms with Crippen molar-refractivity contribution in [2.75, 3.05) is 0 Å². The molecule has 0 bridgehead atoms. The van der Waals surface area contributed by atoms with Gasteiger partial charge in [0.25, 0.3) is 0 Å². The maximum Gasteiger partial charge on any atom is 0.168 e. The van der Waals surface area contributed by atoms with Crippen molar-refractivity contribution in [1.82, 2.24) is 33.2 Å². The zero-order valence-corrected chi connectivity index (χ0v) is 48.8. The fourth-order valence-electron chi connectivity index (χ4n) is 13.4. The van der Waals surface area contributed by atoms with Crippen LogP contribution in [0.4, 0.5) is 0 Å². The van der Waals surface area contributed by atoms with Gasteiger partial charge in [0, 0.05) is 54.2 Å². The number of hydrogen-bond donors (Lipinski definition) is 0. The molecule has 5 heterocycles. The van der Waals surface area contributed by atoms with E-state index in [0.717, 1.165) is 0 Å². The molecule has 0 saturated heterocycles. The third-order valence-corrected chi connectivity index (χ3v) is 17.4. The molecule has 0 spiro atoms. The van der Waals surface area contributed by atoms with Crippen molar-refractivity contribution in [2.24, 2.45) is 0 Å². The average Bonchev–Trinajstić information content (AvgIpc) is 1.42. The lowest BCUT2D eigenvalue weighted by atomic mass is 9.97. The SMILES string of the molecule is N#Cc1ccc2c(c1)c1cc(C#N)ccc1n2-c1c(C#N)c(-n2c3ccc(C#N)cc3c3cc(C#N)ccc32)c(-n2c3ccc(C#N)cc3c3cc(C#N)ccc32)c(-n2c3ccc(C#N)cc3c3cc(C#N)ccc32)c1-c1nc(-c2ccccc2)nc(-c2ccccc2)n1. The van der Waals surface area contributed by atoms with E-state index in [4.69, 9.17) is 15.0 Å². The van der Waals surface area contributed by atoms with Crippen LogP contribution in [0.15, 0.2) is 206 Å². The third-order valence-electron chi connectivity index (χ3n) is 17.4. The molecule has 0 unspecified atom stereocenters. The highest BCUT2D eigenvalue weighted by Crippen LogP contribution is 2.52. The summed E-state index contributed by atoms with van der Waals surface area (Å²) in [5.74, 6) is 0.590. The molecule has 16 nitrogen and oxygen atoms in total. The molecule has 426 valence electrons. The Hall–Kier alpha value is -15.0. The van der Waals surface area contributed by atoms with E-state index in [1.807, 2.05) is 127 Å². The lowest BCUT2D eigenvalue weighted by molar-refractivity contribution is 1.01. The first-order valence-electron chi connectivity index (χ1n) is 29.3. The molecule has 94 heavy (non-hydrogen) atoms. The van der Waals surface area contributed by atoms with E-state index in [-0.39, 0.29) is 40.0 Å². The van der Waals surface area contributed by atoms with Gasteiger partial charge in [-0.2, -0.15) is 47.4 Å². The van der Waals surface area contributed by atoms with Crippen LogP contribution in [0.1, 0.15) is 50.1 Å². The van der Waals surface area contributed by atoms with Gasteiger partial charge in [-0.25, -0.2) is 15.0 Å². The van der Waals surface area contributed by atoms with Crippen molar-refractivity contribution in [3.8, 4) is 112 Å². The van der Waals surface area contributed by atoms with Crippen molar-refractivity contribution in [2.45, 2.75) is 0 Å². The zero-order valence-electron chi connectivity index (χ0n) is 48.8. The molecule has 0 N–H and O–H groups in total. The summed E-state index contributed by atoms with van der Waals surface area (Å²) in [6.07, 6.45) is 0. The summed E-state index contributed by atoms with van der Waals surface area (Å²) in [6.45, 7) is 0. The minimum Gasteiger partial charge on any atom is -0.307 e. The first kappa shape index (κ1) is 54.4. The lowest BCUT2D eigenvalue weighted by Gasteiger charge is -2.29. The monoisotopic (exact) mass is 1190 g/mol. The summed E-state index contributed by atoms with van der Waals surface area (Å²) in [5.41, 5.74) is 9.40. The predicted molar refractivity (Wildman–Crippen MR) is 356 cm³/mol. The van der Waals surface area contributed by atoms with Gasteiger partial charge in [-0.05, 0) is 146 Å². The minimum atomic E-state index is 0.0216. The second kappa shape index (κ2) is 21.1. The van der Waals surface area contributed by atoms with Gasteiger partial charge in [-0.15, -0.1) is 0 Å². The number of rotatable bonds is 7. The van der Waals surface area contributed by atoms with E-state index in [2.05, 4.69) is 54.6 Å². The smallest absolute Gasteiger partial charge is 0.168 e. The van der Waals surface area contributed by atoms with E-state index < -0.39 is 0 Å². The van der Waals surface area contributed by atoms with Crippen LogP contribution in [0.25, 0.3) is 144 Å². The van der Waals surface area contributed by atoms with Crippen LogP contribution < -0.4 is 0 Å². The summed E-state index contributed by atoms with van der Waals surface area (Å²) >= 11 is 0. The van der Waals surface area contributed by atoms with Crippen molar-refractivity contribution >= 4 is 87.2 Å². The number of fused-ring (bicyclic) bond motifs is 12. The van der Waals surface area contributed by atoms with Crippen LogP contribution in [-0.2, 0) is 0 Å². The quantitative estimate of drug-likeness (QED) is 0.144. The Kier molecular flexibility index (Phi) is 12.2. The molecular weight excluding hydrogens is 1160 g/mol. The van der Waals surface area contributed by atoms with E-state index in [9.17, 15) is 47.4 Å². The minimum absolute atomic E-state index is 0.0216. The molecule has 16 heteroatoms. The average molecular weight is 1200 g/mol. The Bertz CT molecular complexity index is 6190. The molecule has 11 aromatic carbocycles. The zero-order chi connectivity index (χ0) is 64.0. The Morgan fingerprint density at radius 2 is 0.457 bits per heavy atom. The molecule has 0 aliphatic rings. The fraction of sp³-hybridized carbons (Fsp3) is 0. The summed E-state index contributed by atoms with van der Waals surface area (Å²) in [7, 11) is 0. The maximum absolute atomic E-state index is 13.2. The molecule has 0 fully saturated rings. The van der Waals surface area contributed by atoms with E-state index in [1.54, 1.807) is 97.1 Å². The number of hydrogen-bond acceptors (Lipinski definition) is 12. The standard InChI is InChI=1S/C78H34N16/c79-35-44-11-19-63-54(27-44)55-28-45(36-80)12-20-64(55)91(63)72-62(43-87)73(92-65-21-13-46(37-81)29-56(65)57-30-47(38-82)14-22-66(57)92)75(94-69-25-17-50(41-85)33-60(69)61-34-51(42-86)18-26-70(61)94)74(93-67-23-15-48(39-83)31-58(67)59-32-49(40-84)16-24-68(59)93)71(72)78-89-76(52-7-3-1-4-8-52)88-77(90-78)53-9-5-2-6-10-53/h1-34H. The molecular formula is C78H34N16. The van der Waals surface area contributed by atoms with Crippen LogP contribution in [0.5, 0.6) is 0 Å². The topological polar surface area (TPSA) is 272 Å². The first-order valence-corrected chi connectivity index (χ1v) is 29.3. The highest BCUT2D eigenvalue weighted by molar-refractivity contribution is 6.18. The highest BCUT2D eigenvalue weighted by atomic mass is 15.1. The Morgan fingerprint density at radius 1 is 0.223 bits per heavy atom. The summed E-state index contributed by atoms with van der Waals surface area (Å²) in [5, 5.41) is 103. The molecule has 0 aliphatic carbocycles. The summed E-state index contributed by atoms with van der Waals surface area (Å²) < 4.78 is 7.96. The van der Waals surface area contributed by atoms with Gasteiger partial charge in [0.15, 0.2) is 17.5 Å². The van der Waals surface area contributed by atoms with Gasteiger partial charge < -0.3 is 18.3 Å². The molecule has 0 amide bonds. The Balaban J connectivity index is 1.29. The van der Waals surface area contributed by atoms with Gasteiger partial charge in [0.05, 0.1) is 166 Å². The molecule has 5 aromatic heterocycles. The molecule has 0 saturated carbocycles. The Labute approximate surface area is 532 Å². The fourth-order valence-corrected chi connectivity index (χ4v) is 13.4. The number of benzene rings is 11. The van der Waals surface area contributed by atoms with Crippen molar-refractivity contribution in [3.05, 3.63) is 256 Å². The lowest BCUT2D eigenvalue weighted by Crippen LogP contribution is -2.17. The van der Waals surface area contributed by atoms with E-state index in [0.29, 0.717) is 154 Å². The van der Waals surface area contributed by atoms with Crippen LogP contribution in [0, 0.1) is 102 Å². The van der Waals surface area contributed by atoms with Crippen molar-refractivity contribution in [3.63, 3.8) is 0 Å².